The van der Waals surface area contributed by atoms with Gasteiger partial charge in [-0.1, -0.05) is 6.92 Å². The number of rotatable bonds is 9. The molecule has 0 fully saturated rings. The van der Waals surface area contributed by atoms with Crippen LogP contribution in [0.15, 0.2) is 6.07 Å². The minimum atomic E-state index is 0.240. The van der Waals surface area contributed by atoms with E-state index in [2.05, 4.69) is 55.9 Å². The molecule has 5 heteroatoms. The van der Waals surface area contributed by atoms with Gasteiger partial charge in [-0.3, -0.25) is 4.79 Å². The van der Waals surface area contributed by atoms with Gasteiger partial charge in [-0.15, -0.1) is 11.3 Å². The predicted molar refractivity (Wildman–Crippen MR) is 108 cm³/mol. The van der Waals surface area contributed by atoms with Crippen molar-refractivity contribution in [2.24, 2.45) is 5.92 Å². The summed E-state index contributed by atoms with van der Waals surface area (Å²) in [5, 5.41) is 0. The molecule has 1 atom stereocenters. The van der Waals surface area contributed by atoms with Crippen molar-refractivity contribution in [1.82, 2.24) is 14.7 Å². The summed E-state index contributed by atoms with van der Waals surface area (Å²) >= 11 is 1.74. The summed E-state index contributed by atoms with van der Waals surface area (Å²) in [6.07, 6.45) is 5.61. The Morgan fingerprint density at radius 1 is 1.08 bits per heavy atom. The lowest BCUT2D eigenvalue weighted by molar-refractivity contribution is 0.0749. The van der Waals surface area contributed by atoms with Crippen molar-refractivity contribution in [2.45, 2.75) is 39.0 Å². The van der Waals surface area contributed by atoms with Crippen LogP contribution in [0.2, 0.25) is 0 Å². The molecule has 1 amide bonds. The fourth-order valence-electron chi connectivity index (χ4n) is 3.44. The Morgan fingerprint density at radius 2 is 1.68 bits per heavy atom. The largest absolute Gasteiger partial charge is 0.338 e. The normalized spacial score (nSPS) is 17.2. The van der Waals surface area contributed by atoms with E-state index < -0.39 is 0 Å². The monoisotopic (exact) mass is 365 g/mol. The van der Waals surface area contributed by atoms with Gasteiger partial charge in [-0.2, -0.15) is 0 Å². The Hall–Kier alpha value is -0.910. The maximum atomic E-state index is 13.1. The van der Waals surface area contributed by atoms with Gasteiger partial charge < -0.3 is 14.7 Å². The van der Waals surface area contributed by atoms with E-state index in [4.69, 9.17) is 0 Å². The molecule has 1 aromatic heterocycles. The Kier molecular flexibility index (Phi) is 7.91. The minimum Gasteiger partial charge on any atom is -0.338 e. The van der Waals surface area contributed by atoms with E-state index in [9.17, 15) is 4.79 Å². The van der Waals surface area contributed by atoms with Crippen molar-refractivity contribution in [3.05, 3.63) is 21.4 Å². The molecule has 0 aromatic carbocycles. The Labute approximate surface area is 157 Å². The van der Waals surface area contributed by atoms with Crippen LogP contribution >= 0.6 is 11.3 Å². The highest BCUT2D eigenvalue weighted by atomic mass is 32.1. The van der Waals surface area contributed by atoms with Crippen LogP contribution < -0.4 is 0 Å². The molecule has 0 bridgehead atoms. The van der Waals surface area contributed by atoms with Gasteiger partial charge in [0.25, 0.3) is 5.91 Å². The quantitative estimate of drug-likeness (QED) is 0.672. The summed E-state index contributed by atoms with van der Waals surface area (Å²) in [7, 11) is 8.36. The van der Waals surface area contributed by atoms with Gasteiger partial charge in [-0.25, -0.2) is 0 Å². The summed E-state index contributed by atoms with van der Waals surface area (Å²) in [5.74, 6) is 0.992. The van der Waals surface area contributed by atoms with E-state index in [0.29, 0.717) is 0 Å². The van der Waals surface area contributed by atoms with E-state index in [1.807, 2.05) is 0 Å². The fourth-order valence-corrected chi connectivity index (χ4v) is 4.61. The van der Waals surface area contributed by atoms with Gasteiger partial charge in [0, 0.05) is 18.0 Å². The molecule has 0 radical (unpaired) electrons. The number of hydrogen-bond acceptors (Lipinski definition) is 4. The Balaban J connectivity index is 2.02. The second-order valence-electron chi connectivity index (χ2n) is 8.01. The maximum absolute atomic E-state index is 13.1. The first-order valence-corrected chi connectivity index (χ1v) is 10.4. The number of hydrogen-bond donors (Lipinski definition) is 0. The highest BCUT2D eigenvalue weighted by molar-refractivity contribution is 7.14. The smallest absolute Gasteiger partial charge is 0.263 e. The van der Waals surface area contributed by atoms with Crippen LogP contribution in [0.25, 0.3) is 0 Å². The summed E-state index contributed by atoms with van der Waals surface area (Å²) < 4.78 is 0. The minimum absolute atomic E-state index is 0.240. The molecule has 0 aliphatic heterocycles. The third-order valence-electron chi connectivity index (χ3n) is 4.89. The van der Waals surface area contributed by atoms with Gasteiger partial charge in [0.15, 0.2) is 0 Å². The molecule has 1 aliphatic carbocycles. The Bertz CT molecular complexity index is 539. The SMILES string of the molecule is CC1CCc2sc(C(=O)N(CCCN(C)C)CCCN(C)C)cc2C1. The third-order valence-corrected chi connectivity index (χ3v) is 6.12. The molecule has 2 rings (SSSR count). The number of amides is 1. The molecule has 4 nitrogen and oxygen atoms in total. The second kappa shape index (κ2) is 9.70. The molecular formula is C20H35N3OS. The average Bonchev–Trinajstić information content (AvgIpc) is 2.95. The highest BCUT2D eigenvalue weighted by Crippen LogP contribution is 2.32. The van der Waals surface area contributed by atoms with E-state index >= 15 is 0 Å². The molecular weight excluding hydrogens is 330 g/mol. The molecule has 0 spiro atoms. The van der Waals surface area contributed by atoms with Gasteiger partial charge in [0.1, 0.15) is 0 Å². The molecule has 0 saturated heterocycles. The summed E-state index contributed by atoms with van der Waals surface area (Å²) in [5.41, 5.74) is 1.42. The second-order valence-corrected chi connectivity index (χ2v) is 9.15. The molecule has 1 unspecified atom stereocenters. The van der Waals surface area contributed by atoms with Gasteiger partial charge >= 0.3 is 0 Å². The van der Waals surface area contributed by atoms with Crippen LogP contribution in [-0.4, -0.2) is 75.0 Å². The first kappa shape index (κ1) is 20.4. The van der Waals surface area contributed by atoms with Crippen LogP contribution in [0.5, 0.6) is 0 Å². The van der Waals surface area contributed by atoms with Gasteiger partial charge in [-0.05, 0) is 90.9 Å². The zero-order chi connectivity index (χ0) is 18.4. The van der Waals surface area contributed by atoms with Crippen LogP contribution in [0.3, 0.4) is 0 Å². The lowest BCUT2D eigenvalue weighted by Crippen LogP contribution is -2.35. The van der Waals surface area contributed by atoms with Gasteiger partial charge in [0.05, 0.1) is 4.88 Å². The van der Waals surface area contributed by atoms with Crippen molar-refractivity contribution >= 4 is 17.2 Å². The van der Waals surface area contributed by atoms with E-state index in [0.717, 1.165) is 62.7 Å². The molecule has 1 heterocycles. The summed E-state index contributed by atoms with van der Waals surface area (Å²) in [6, 6.07) is 2.18. The van der Waals surface area contributed by atoms with Crippen LogP contribution in [0.1, 0.15) is 46.3 Å². The molecule has 0 N–H and O–H groups in total. The molecule has 1 aliphatic rings. The van der Waals surface area contributed by atoms with Crippen LogP contribution in [0, 0.1) is 5.92 Å². The summed E-state index contributed by atoms with van der Waals surface area (Å²) in [6.45, 7) is 6.07. The van der Waals surface area contributed by atoms with Crippen LogP contribution in [0.4, 0.5) is 0 Å². The first-order chi connectivity index (χ1) is 11.9. The molecule has 142 valence electrons. The van der Waals surface area contributed by atoms with E-state index in [1.54, 1.807) is 11.3 Å². The zero-order valence-electron chi connectivity index (χ0n) is 16.7. The first-order valence-electron chi connectivity index (χ1n) is 9.57. The molecule has 25 heavy (non-hydrogen) atoms. The zero-order valence-corrected chi connectivity index (χ0v) is 17.5. The van der Waals surface area contributed by atoms with Crippen LogP contribution in [-0.2, 0) is 12.8 Å². The van der Waals surface area contributed by atoms with E-state index in [1.165, 1.54) is 16.9 Å². The Morgan fingerprint density at radius 3 is 2.24 bits per heavy atom. The van der Waals surface area contributed by atoms with Crippen molar-refractivity contribution in [2.75, 3.05) is 54.4 Å². The van der Waals surface area contributed by atoms with Crippen molar-refractivity contribution in [1.29, 1.82) is 0 Å². The van der Waals surface area contributed by atoms with Crippen molar-refractivity contribution in [3.8, 4) is 0 Å². The number of carbonyl (C=O) groups excluding carboxylic acids is 1. The summed E-state index contributed by atoms with van der Waals surface area (Å²) in [4.78, 5) is 22.0. The van der Waals surface area contributed by atoms with Gasteiger partial charge in [0.2, 0.25) is 0 Å². The molecule has 0 saturated carbocycles. The standard InChI is InChI=1S/C20H35N3OS/c1-16-8-9-18-17(14-16)15-19(25-18)20(24)23(12-6-10-21(2)3)13-7-11-22(4)5/h15-16H,6-14H2,1-5H3. The number of nitrogens with zero attached hydrogens (tertiary/aromatic N) is 3. The maximum Gasteiger partial charge on any atom is 0.263 e. The lowest BCUT2D eigenvalue weighted by atomic mass is 9.90. The molecule has 1 aromatic rings. The van der Waals surface area contributed by atoms with Crippen molar-refractivity contribution in [3.63, 3.8) is 0 Å². The number of thiophene rings is 1. The fraction of sp³-hybridized carbons (Fsp3) is 0.750. The highest BCUT2D eigenvalue weighted by Gasteiger charge is 2.23. The predicted octanol–water partition coefficient (Wildman–Crippen LogP) is 3.22. The average molecular weight is 366 g/mol. The van der Waals surface area contributed by atoms with Crippen molar-refractivity contribution < 1.29 is 4.79 Å². The topological polar surface area (TPSA) is 26.8 Å². The number of carbonyl (C=O) groups is 1. The lowest BCUT2D eigenvalue weighted by Gasteiger charge is -2.24. The number of fused-ring (bicyclic) bond motifs is 1. The van der Waals surface area contributed by atoms with E-state index in [-0.39, 0.29) is 5.91 Å². The number of aryl methyl sites for hydroxylation is 1. The third kappa shape index (κ3) is 6.39.